The molecule has 1 amide bonds. The molecule has 0 radical (unpaired) electrons. The zero-order chi connectivity index (χ0) is 17.1. The maximum Gasteiger partial charge on any atom is 0.251 e. The number of phenols is 1. The second kappa shape index (κ2) is 6.80. The first kappa shape index (κ1) is 16.1. The number of fused-ring (bicyclic) bond motifs is 1. The van der Waals surface area contributed by atoms with Crippen LogP contribution in [0.2, 0.25) is 0 Å². The van der Waals surface area contributed by atoms with Gasteiger partial charge in [-0.15, -0.1) is 0 Å². The van der Waals surface area contributed by atoms with Gasteiger partial charge in [0.05, 0.1) is 0 Å². The normalized spacial score (nSPS) is 12.5. The molecule has 0 spiro atoms. The zero-order valence-electron chi connectivity index (χ0n) is 13.7. The number of carbonyl (C=O) groups is 1. The molecule has 0 atom stereocenters. The Morgan fingerprint density at radius 3 is 2.50 bits per heavy atom. The molecule has 6 nitrogen and oxygen atoms in total. The lowest BCUT2D eigenvalue weighted by molar-refractivity contribution is 0.0963. The highest BCUT2D eigenvalue weighted by Gasteiger charge is 2.17. The van der Waals surface area contributed by atoms with Crippen LogP contribution in [0.3, 0.4) is 0 Å². The van der Waals surface area contributed by atoms with Crippen LogP contribution in [-0.2, 0) is 13.1 Å². The van der Waals surface area contributed by atoms with E-state index in [1.807, 2.05) is 25.2 Å². The number of aromatic hydroxyl groups is 1. The Hall–Kier alpha value is -2.73. The number of benzene rings is 2. The second-order valence-electron chi connectivity index (χ2n) is 5.78. The maximum atomic E-state index is 11.5. The van der Waals surface area contributed by atoms with Gasteiger partial charge >= 0.3 is 0 Å². The minimum atomic E-state index is -0.0970. The second-order valence-corrected chi connectivity index (χ2v) is 5.78. The summed E-state index contributed by atoms with van der Waals surface area (Å²) in [4.78, 5) is 13.6. The van der Waals surface area contributed by atoms with Gasteiger partial charge in [0.25, 0.3) is 5.91 Å². The summed E-state index contributed by atoms with van der Waals surface area (Å²) in [7, 11) is 3.58. The number of nitrogens with zero attached hydrogens (tertiary/aromatic N) is 1. The summed E-state index contributed by atoms with van der Waals surface area (Å²) < 4.78 is 10.6. The number of carbonyl (C=O) groups excluding carboxylic acids is 1. The van der Waals surface area contributed by atoms with Gasteiger partial charge in [-0.1, -0.05) is 12.1 Å². The van der Waals surface area contributed by atoms with Crippen molar-refractivity contribution in [1.82, 2.24) is 10.2 Å². The van der Waals surface area contributed by atoms with Crippen molar-refractivity contribution in [2.75, 3.05) is 20.9 Å². The molecule has 24 heavy (non-hydrogen) atoms. The Labute approximate surface area is 140 Å². The van der Waals surface area contributed by atoms with E-state index in [1.165, 1.54) is 0 Å². The summed E-state index contributed by atoms with van der Waals surface area (Å²) in [5.41, 5.74) is 2.51. The highest BCUT2D eigenvalue weighted by Crippen LogP contribution is 2.38. The predicted octanol–water partition coefficient (Wildman–Crippen LogP) is 2.11. The van der Waals surface area contributed by atoms with Gasteiger partial charge in [-0.05, 0) is 30.8 Å². The van der Waals surface area contributed by atoms with Crippen LogP contribution in [0.1, 0.15) is 21.5 Å². The molecule has 0 bridgehead atoms. The molecular formula is C18H20N2O4. The molecule has 2 aromatic rings. The topological polar surface area (TPSA) is 71.0 Å². The third kappa shape index (κ3) is 3.44. The van der Waals surface area contributed by atoms with Crippen LogP contribution in [0.25, 0.3) is 0 Å². The van der Waals surface area contributed by atoms with Crippen molar-refractivity contribution in [1.29, 1.82) is 0 Å². The maximum absolute atomic E-state index is 11.5. The lowest BCUT2D eigenvalue weighted by Gasteiger charge is -2.18. The van der Waals surface area contributed by atoms with Crippen LogP contribution >= 0.6 is 0 Å². The Bertz CT molecular complexity index is 743. The number of ether oxygens (including phenoxy) is 2. The summed E-state index contributed by atoms with van der Waals surface area (Å²) in [5, 5.41) is 12.7. The van der Waals surface area contributed by atoms with Crippen molar-refractivity contribution in [2.45, 2.75) is 13.1 Å². The largest absolute Gasteiger partial charge is 0.507 e. The van der Waals surface area contributed by atoms with E-state index in [0.717, 1.165) is 11.1 Å². The molecule has 126 valence electrons. The van der Waals surface area contributed by atoms with E-state index < -0.39 is 0 Å². The molecule has 1 aliphatic rings. The Morgan fingerprint density at radius 1 is 1.17 bits per heavy atom. The SMILES string of the molecule is CNC(=O)c1ccc(CN(C)Cc2cc3c(cc2O)OCO3)cc1. The number of rotatable bonds is 5. The Morgan fingerprint density at radius 2 is 1.83 bits per heavy atom. The van der Waals surface area contributed by atoms with Gasteiger partial charge < -0.3 is 19.9 Å². The first-order chi connectivity index (χ1) is 11.6. The number of phenolic OH excluding ortho intramolecular Hbond substituents is 1. The standard InChI is InChI=1S/C18H20N2O4/c1-19-18(22)13-5-3-12(4-6-13)9-20(2)10-14-7-16-17(8-15(14)21)24-11-23-16/h3-8,21H,9-11H2,1-2H3,(H,19,22). The third-order valence-electron chi connectivity index (χ3n) is 3.91. The molecule has 1 heterocycles. The Balaban J connectivity index is 1.65. The molecule has 6 heteroatoms. The fraction of sp³-hybridized carbons (Fsp3) is 0.278. The molecule has 0 saturated heterocycles. The number of nitrogens with one attached hydrogen (secondary N) is 1. The highest BCUT2D eigenvalue weighted by molar-refractivity contribution is 5.93. The Kier molecular flexibility index (Phi) is 4.57. The minimum absolute atomic E-state index is 0.0970. The highest BCUT2D eigenvalue weighted by atomic mass is 16.7. The molecule has 1 aliphatic heterocycles. The summed E-state index contributed by atoms with van der Waals surface area (Å²) in [6.45, 7) is 1.45. The molecular weight excluding hydrogens is 308 g/mol. The fourth-order valence-electron chi connectivity index (χ4n) is 2.66. The van der Waals surface area contributed by atoms with Gasteiger partial charge in [0.2, 0.25) is 6.79 Å². The third-order valence-corrected chi connectivity index (χ3v) is 3.91. The monoisotopic (exact) mass is 328 g/mol. The molecule has 3 rings (SSSR count). The average molecular weight is 328 g/mol. The minimum Gasteiger partial charge on any atom is -0.507 e. The van der Waals surface area contributed by atoms with Gasteiger partial charge in [0.1, 0.15) is 5.75 Å². The van der Waals surface area contributed by atoms with Crippen LogP contribution < -0.4 is 14.8 Å². The van der Waals surface area contributed by atoms with E-state index in [2.05, 4.69) is 10.2 Å². The van der Waals surface area contributed by atoms with Crippen molar-refractivity contribution >= 4 is 5.91 Å². The van der Waals surface area contributed by atoms with Gasteiger partial charge in [0, 0.05) is 37.3 Å². The van der Waals surface area contributed by atoms with Gasteiger partial charge in [-0.2, -0.15) is 0 Å². The van der Waals surface area contributed by atoms with Gasteiger partial charge in [0.15, 0.2) is 11.5 Å². The zero-order valence-corrected chi connectivity index (χ0v) is 13.7. The van der Waals surface area contributed by atoms with Crippen LogP contribution in [0.15, 0.2) is 36.4 Å². The molecule has 0 saturated carbocycles. The van der Waals surface area contributed by atoms with Crippen molar-refractivity contribution in [2.24, 2.45) is 0 Å². The quantitative estimate of drug-likeness (QED) is 0.880. The molecule has 0 fully saturated rings. The van der Waals surface area contributed by atoms with Crippen molar-refractivity contribution < 1.29 is 19.4 Å². The first-order valence-electron chi connectivity index (χ1n) is 7.68. The summed E-state index contributed by atoms with van der Waals surface area (Å²) in [6.07, 6.45) is 0. The van der Waals surface area contributed by atoms with E-state index >= 15 is 0 Å². The van der Waals surface area contributed by atoms with E-state index in [-0.39, 0.29) is 18.4 Å². The number of hydrogen-bond acceptors (Lipinski definition) is 5. The smallest absolute Gasteiger partial charge is 0.251 e. The van der Waals surface area contributed by atoms with E-state index in [4.69, 9.17) is 9.47 Å². The van der Waals surface area contributed by atoms with Crippen LogP contribution in [0.5, 0.6) is 17.2 Å². The number of hydrogen-bond donors (Lipinski definition) is 2. The van der Waals surface area contributed by atoms with E-state index in [0.29, 0.717) is 30.2 Å². The molecule has 0 aliphatic carbocycles. The summed E-state index contributed by atoms with van der Waals surface area (Å²) in [6, 6.07) is 10.9. The van der Waals surface area contributed by atoms with Crippen LogP contribution in [0, 0.1) is 0 Å². The molecule has 2 aromatic carbocycles. The molecule has 0 unspecified atom stereocenters. The van der Waals surface area contributed by atoms with E-state index in [1.54, 1.807) is 25.2 Å². The molecule has 2 N–H and O–H groups in total. The van der Waals surface area contributed by atoms with Crippen molar-refractivity contribution in [3.8, 4) is 17.2 Å². The summed E-state index contributed by atoms with van der Waals surface area (Å²) >= 11 is 0. The first-order valence-corrected chi connectivity index (χ1v) is 7.68. The fourth-order valence-corrected chi connectivity index (χ4v) is 2.66. The van der Waals surface area contributed by atoms with Crippen molar-refractivity contribution in [3.63, 3.8) is 0 Å². The van der Waals surface area contributed by atoms with Gasteiger partial charge in [-0.3, -0.25) is 9.69 Å². The van der Waals surface area contributed by atoms with Crippen LogP contribution in [-0.4, -0.2) is 36.8 Å². The molecule has 0 aromatic heterocycles. The van der Waals surface area contributed by atoms with Crippen molar-refractivity contribution in [3.05, 3.63) is 53.1 Å². The predicted molar refractivity (Wildman–Crippen MR) is 89.2 cm³/mol. The lowest BCUT2D eigenvalue weighted by Crippen LogP contribution is -2.19. The van der Waals surface area contributed by atoms with Crippen LogP contribution in [0.4, 0.5) is 0 Å². The lowest BCUT2D eigenvalue weighted by atomic mass is 10.1. The van der Waals surface area contributed by atoms with Gasteiger partial charge in [-0.25, -0.2) is 0 Å². The van der Waals surface area contributed by atoms with E-state index in [9.17, 15) is 9.90 Å². The number of amides is 1. The summed E-state index contributed by atoms with van der Waals surface area (Å²) in [5.74, 6) is 1.33. The average Bonchev–Trinajstić information content (AvgIpc) is 3.02.